The molecule has 1 heterocycles. The number of carbonyl (C=O) groups is 1. The average Bonchev–Trinajstić information content (AvgIpc) is 2.55. The summed E-state index contributed by atoms with van der Waals surface area (Å²) in [4.78, 5) is 14.7. The first-order chi connectivity index (χ1) is 7.79. The molecule has 1 aliphatic rings. The molecular formula is C12H16N2O2. The largest absolute Gasteiger partial charge is 0.508 e. The second-order valence-corrected chi connectivity index (χ2v) is 4.00. The number of phenolic OH excluding ortho intramolecular Hbond substituents is 1. The van der Waals surface area contributed by atoms with Gasteiger partial charge in [0.1, 0.15) is 5.75 Å². The summed E-state index contributed by atoms with van der Waals surface area (Å²) in [7, 11) is 0. The molecule has 1 saturated heterocycles. The van der Waals surface area contributed by atoms with Crippen LogP contribution in [0, 0.1) is 0 Å². The lowest BCUT2D eigenvalue weighted by molar-refractivity contribution is -0.117. The first-order valence-electron chi connectivity index (χ1n) is 5.53. The van der Waals surface area contributed by atoms with E-state index in [1.165, 1.54) is 0 Å². The van der Waals surface area contributed by atoms with Crippen LogP contribution in [0.15, 0.2) is 24.3 Å². The number of phenols is 1. The number of rotatable bonds is 2. The van der Waals surface area contributed by atoms with Crippen LogP contribution in [0.5, 0.6) is 5.75 Å². The Kier molecular flexibility index (Phi) is 3.29. The van der Waals surface area contributed by atoms with Gasteiger partial charge in [-0.3, -0.25) is 4.79 Å². The highest BCUT2D eigenvalue weighted by molar-refractivity contribution is 5.50. The van der Waals surface area contributed by atoms with Crippen LogP contribution in [0.4, 0.5) is 5.69 Å². The van der Waals surface area contributed by atoms with E-state index < -0.39 is 0 Å². The van der Waals surface area contributed by atoms with E-state index in [9.17, 15) is 9.90 Å². The Morgan fingerprint density at radius 1 is 1.06 bits per heavy atom. The number of benzene rings is 1. The smallest absolute Gasteiger partial charge is 0.209 e. The Labute approximate surface area is 95.1 Å². The van der Waals surface area contributed by atoms with Gasteiger partial charge in [0.2, 0.25) is 6.41 Å². The summed E-state index contributed by atoms with van der Waals surface area (Å²) in [5, 5.41) is 9.22. The molecule has 1 aromatic carbocycles. The highest BCUT2D eigenvalue weighted by atomic mass is 16.3. The van der Waals surface area contributed by atoms with Gasteiger partial charge in [-0.1, -0.05) is 0 Å². The van der Waals surface area contributed by atoms with Crippen LogP contribution < -0.4 is 4.90 Å². The molecule has 1 fully saturated rings. The van der Waals surface area contributed by atoms with Crippen molar-refractivity contribution in [2.75, 3.05) is 31.1 Å². The molecule has 0 aliphatic carbocycles. The molecule has 2 rings (SSSR count). The van der Waals surface area contributed by atoms with Crippen LogP contribution >= 0.6 is 0 Å². The second-order valence-electron chi connectivity index (χ2n) is 4.00. The lowest BCUT2D eigenvalue weighted by Gasteiger charge is -2.22. The van der Waals surface area contributed by atoms with Crippen molar-refractivity contribution in [2.24, 2.45) is 0 Å². The summed E-state index contributed by atoms with van der Waals surface area (Å²) >= 11 is 0. The molecule has 16 heavy (non-hydrogen) atoms. The second kappa shape index (κ2) is 4.88. The van der Waals surface area contributed by atoms with Crippen molar-refractivity contribution >= 4 is 12.1 Å². The van der Waals surface area contributed by atoms with Gasteiger partial charge in [-0.25, -0.2) is 0 Å². The molecule has 86 valence electrons. The molecule has 1 N–H and O–H groups in total. The summed E-state index contributed by atoms with van der Waals surface area (Å²) in [6.45, 7) is 3.40. The van der Waals surface area contributed by atoms with Gasteiger partial charge < -0.3 is 14.9 Å². The molecule has 1 aromatic rings. The average molecular weight is 220 g/mol. The highest BCUT2D eigenvalue weighted by Crippen LogP contribution is 2.19. The maximum absolute atomic E-state index is 10.7. The molecule has 1 amide bonds. The zero-order chi connectivity index (χ0) is 11.4. The quantitative estimate of drug-likeness (QED) is 0.758. The predicted molar refractivity (Wildman–Crippen MR) is 62.6 cm³/mol. The van der Waals surface area contributed by atoms with Crippen molar-refractivity contribution < 1.29 is 9.90 Å². The summed E-state index contributed by atoms with van der Waals surface area (Å²) in [6, 6.07) is 7.20. The maximum Gasteiger partial charge on any atom is 0.209 e. The monoisotopic (exact) mass is 220 g/mol. The fourth-order valence-corrected chi connectivity index (χ4v) is 1.96. The molecule has 0 unspecified atom stereocenters. The third-order valence-electron chi connectivity index (χ3n) is 2.89. The molecule has 0 atom stereocenters. The molecule has 1 aliphatic heterocycles. The molecule has 0 spiro atoms. The van der Waals surface area contributed by atoms with E-state index in [2.05, 4.69) is 4.90 Å². The lowest BCUT2D eigenvalue weighted by atomic mass is 10.2. The zero-order valence-corrected chi connectivity index (χ0v) is 9.17. The minimum atomic E-state index is 0.285. The fourth-order valence-electron chi connectivity index (χ4n) is 1.96. The number of nitrogens with zero attached hydrogens (tertiary/aromatic N) is 2. The van der Waals surface area contributed by atoms with Crippen molar-refractivity contribution in [2.45, 2.75) is 6.42 Å². The SMILES string of the molecule is O=CN1CCCN(c2ccc(O)cc2)CC1. The standard InChI is InChI=1S/C12H16N2O2/c15-10-13-6-1-7-14(9-8-13)11-2-4-12(16)5-3-11/h2-5,10,16H,1,6-9H2. The Bertz CT molecular complexity index is 351. The molecule has 0 aromatic heterocycles. The van der Waals surface area contributed by atoms with E-state index in [1.807, 2.05) is 12.1 Å². The zero-order valence-electron chi connectivity index (χ0n) is 9.17. The summed E-state index contributed by atoms with van der Waals surface area (Å²) in [5.74, 6) is 0.285. The molecule has 4 heteroatoms. The Balaban J connectivity index is 2.04. The molecule has 0 bridgehead atoms. The fraction of sp³-hybridized carbons (Fsp3) is 0.417. The van der Waals surface area contributed by atoms with Gasteiger partial charge in [-0.15, -0.1) is 0 Å². The molecule has 4 nitrogen and oxygen atoms in total. The third kappa shape index (κ3) is 2.45. The van der Waals surface area contributed by atoms with Crippen molar-refractivity contribution in [1.82, 2.24) is 4.90 Å². The summed E-state index contributed by atoms with van der Waals surface area (Å²) in [5.41, 5.74) is 1.10. The number of carbonyl (C=O) groups excluding carboxylic acids is 1. The first kappa shape index (κ1) is 10.8. The number of anilines is 1. The molecule has 0 radical (unpaired) electrons. The van der Waals surface area contributed by atoms with E-state index in [0.717, 1.165) is 44.7 Å². The number of amides is 1. The topological polar surface area (TPSA) is 43.8 Å². The minimum Gasteiger partial charge on any atom is -0.508 e. The van der Waals surface area contributed by atoms with Gasteiger partial charge >= 0.3 is 0 Å². The summed E-state index contributed by atoms with van der Waals surface area (Å²) < 4.78 is 0. The maximum atomic E-state index is 10.7. The van der Waals surface area contributed by atoms with Crippen molar-refractivity contribution in [3.63, 3.8) is 0 Å². The van der Waals surface area contributed by atoms with Gasteiger partial charge in [0, 0.05) is 31.9 Å². The van der Waals surface area contributed by atoms with E-state index in [1.54, 1.807) is 17.0 Å². The van der Waals surface area contributed by atoms with Crippen LogP contribution in [-0.4, -0.2) is 42.6 Å². The number of aromatic hydroxyl groups is 1. The Hall–Kier alpha value is -1.71. The number of hydrogen-bond acceptors (Lipinski definition) is 3. The van der Waals surface area contributed by atoms with Gasteiger partial charge in [-0.05, 0) is 30.7 Å². The molecular weight excluding hydrogens is 204 g/mol. The van der Waals surface area contributed by atoms with Crippen molar-refractivity contribution in [1.29, 1.82) is 0 Å². The summed E-state index contributed by atoms with van der Waals surface area (Å²) in [6.07, 6.45) is 1.90. The van der Waals surface area contributed by atoms with Crippen LogP contribution in [-0.2, 0) is 4.79 Å². The minimum absolute atomic E-state index is 0.285. The van der Waals surface area contributed by atoms with Gasteiger partial charge in [-0.2, -0.15) is 0 Å². The van der Waals surface area contributed by atoms with Crippen LogP contribution in [0.3, 0.4) is 0 Å². The predicted octanol–water partition coefficient (Wildman–Crippen LogP) is 1.06. The van der Waals surface area contributed by atoms with Gasteiger partial charge in [0.05, 0.1) is 0 Å². The van der Waals surface area contributed by atoms with Crippen LogP contribution in [0.25, 0.3) is 0 Å². The highest BCUT2D eigenvalue weighted by Gasteiger charge is 2.13. The normalized spacial score (nSPS) is 17.0. The van der Waals surface area contributed by atoms with Gasteiger partial charge in [0.15, 0.2) is 0 Å². The molecule has 0 saturated carbocycles. The van der Waals surface area contributed by atoms with Gasteiger partial charge in [0.25, 0.3) is 0 Å². The third-order valence-corrected chi connectivity index (χ3v) is 2.89. The van der Waals surface area contributed by atoms with Crippen LogP contribution in [0.2, 0.25) is 0 Å². The Morgan fingerprint density at radius 2 is 1.81 bits per heavy atom. The van der Waals surface area contributed by atoms with Crippen molar-refractivity contribution in [3.8, 4) is 5.75 Å². The first-order valence-corrected chi connectivity index (χ1v) is 5.53. The van der Waals surface area contributed by atoms with E-state index in [-0.39, 0.29) is 5.75 Å². The lowest BCUT2D eigenvalue weighted by Crippen LogP contribution is -2.29. The number of hydrogen-bond donors (Lipinski definition) is 1. The van der Waals surface area contributed by atoms with E-state index >= 15 is 0 Å². The van der Waals surface area contributed by atoms with Crippen LogP contribution in [0.1, 0.15) is 6.42 Å². The van der Waals surface area contributed by atoms with E-state index in [4.69, 9.17) is 0 Å². The van der Waals surface area contributed by atoms with Crippen molar-refractivity contribution in [3.05, 3.63) is 24.3 Å². The Morgan fingerprint density at radius 3 is 2.50 bits per heavy atom. The van der Waals surface area contributed by atoms with E-state index in [0.29, 0.717) is 0 Å².